The molecule has 1 heterocycles. The fraction of sp³-hybridized carbons (Fsp3) is 0.161. The van der Waals surface area contributed by atoms with Gasteiger partial charge < -0.3 is 4.74 Å². The number of fused-ring (bicyclic) bond motifs is 1. The Labute approximate surface area is 238 Å². The molecule has 0 radical (unpaired) electrons. The van der Waals surface area contributed by atoms with Crippen molar-refractivity contribution in [3.05, 3.63) is 119 Å². The summed E-state index contributed by atoms with van der Waals surface area (Å²) < 4.78 is 34.2. The van der Waals surface area contributed by atoms with Crippen LogP contribution in [-0.2, 0) is 23.1 Å². The second-order valence-corrected chi connectivity index (χ2v) is 12.4. The molecule has 9 heteroatoms. The number of sulfonamides is 1. The van der Waals surface area contributed by atoms with Crippen molar-refractivity contribution in [1.82, 2.24) is 9.29 Å². The highest BCUT2D eigenvalue weighted by Crippen LogP contribution is 2.37. The van der Waals surface area contributed by atoms with E-state index in [-0.39, 0.29) is 17.3 Å². The van der Waals surface area contributed by atoms with Crippen LogP contribution in [0.3, 0.4) is 0 Å². The van der Waals surface area contributed by atoms with Gasteiger partial charge in [-0.25, -0.2) is 13.4 Å². The highest BCUT2D eigenvalue weighted by molar-refractivity contribution is 7.89. The van der Waals surface area contributed by atoms with Crippen LogP contribution in [-0.4, -0.2) is 37.8 Å². The maximum absolute atomic E-state index is 13.9. The molecule has 40 heavy (non-hydrogen) atoms. The van der Waals surface area contributed by atoms with Gasteiger partial charge in [-0.05, 0) is 53.9 Å². The predicted molar refractivity (Wildman–Crippen MR) is 159 cm³/mol. The van der Waals surface area contributed by atoms with Gasteiger partial charge in [0.25, 0.3) is 5.91 Å². The summed E-state index contributed by atoms with van der Waals surface area (Å²) in [6.45, 7) is 2.55. The summed E-state index contributed by atoms with van der Waals surface area (Å²) in [6, 6.07) is 29.0. The third-order valence-electron chi connectivity index (χ3n) is 6.63. The molecule has 0 fully saturated rings. The van der Waals surface area contributed by atoms with Gasteiger partial charge in [-0.3, -0.25) is 9.69 Å². The molecule has 1 aromatic heterocycles. The van der Waals surface area contributed by atoms with E-state index in [9.17, 15) is 13.2 Å². The van der Waals surface area contributed by atoms with Gasteiger partial charge in [0.15, 0.2) is 5.13 Å². The molecular weight excluding hydrogens is 542 g/mol. The van der Waals surface area contributed by atoms with Crippen molar-refractivity contribution in [2.75, 3.05) is 19.1 Å². The number of anilines is 1. The Bertz CT molecular complexity index is 1740. The molecule has 0 aliphatic heterocycles. The van der Waals surface area contributed by atoms with Crippen LogP contribution in [0.2, 0.25) is 0 Å². The molecule has 204 valence electrons. The average molecular weight is 572 g/mol. The van der Waals surface area contributed by atoms with E-state index in [2.05, 4.69) is 0 Å². The molecule has 0 spiro atoms. The monoisotopic (exact) mass is 571 g/mol. The second-order valence-electron chi connectivity index (χ2n) is 9.41. The Morgan fingerprint density at radius 2 is 1.45 bits per heavy atom. The first-order chi connectivity index (χ1) is 19.3. The zero-order valence-corrected chi connectivity index (χ0v) is 24.1. The molecule has 5 aromatic rings. The summed E-state index contributed by atoms with van der Waals surface area (Å²) >= 11 is 1.43. The van der Waals surface area contributed by atoms with E-state index in [0.717, 1.165) is 21.4 Å². The van der Waals surface area contributed by atoms with Crippen LogP contribution in [0, 0.1) is 6.92 Å². The first-order valence-corrected chi connectivity index (χ1v) is 14.9. The van der Waals surface area contributed by atoms with E-state index in [1.54, 1.807) is 31.2 Å². The molecule has 0 saturated carbocycles. The molecule has 0 N–H and O–H groups in total. The van der Waals surface area contributed by atoms with E-state index in [4.69, 9.17) is 9.72 Å². The van der Waals surface area contributed by atoms with Crippen molar-refractivity contribution < 1.29 is 17.9 Å². The largest absolute Gasteiger partial charge is 0.494 e. The number of carbonyl (C=O) groups is 1. The maximum Gasteiger partial charge on any atom is 0.260 e. The van der Waals surface area contributed by atoms with Gasteiger partial charge in [-0.2, -0.15) is 4.31 Å². The van der Waals surface area contributed by atoms with Gasteiger partial charge in [0.1, 0.15) is 11.3 Å². The zero-order chi connectivity index (χ0) is 28.3. The van der Waals surface area contributed by atoms with Crippen LogP contribution in [0.15, 0.2) is 102 Å². The fourth-order valence-corrected chi connectivity index (χ4v) is 6.61. The van der Waals surface area contributed by atoms with Gasteiger partial charge in [0.2, 0.25) is 10.0 Å². The van der Waals surface area contributed by atoms with E-state index >= 15 is 0 Å². The normalized spacial score (nSPS) is 11.6. The summed E-state index contributed by atoms with van der Waals surface area (Å²) in [5, 5.41) is 0.538. The van der Waals surface area contributed by atoms with Gasteiger partial charge in [0, 0.05) is 19.2 Å². The third-order valence-corrected chi connectivity index (χ3v) is 9.66. The molecule has 0 bridgehead atoms. The van der Waals surface area contributed by atoms with Crippen LogP contribution in [0.4, 0.5) is 5.13 Å². The van der Waals surface area contributed by atoms with Crippen LogP contribution in [0.1, 0.15) is 27.0 Å². The SMILES string of the molecule is COc1ccc(C)c2sc(N(Cc3ccccc3)C(=O)c3ccc(S(=O)(=O)N(C)Cc4ccccc4)cc3)nc12. The summed E-state index contributed by atoms with van der Waals surface area (Å²) in [7, 11) is -0.598. The predicted octanol–water partition coefficient (Wildman–Crippen LogP) is 6.28. The maximum atomic E-state index is 13.9. The Balaban J connectivity index is 1.46. The molecule has 5 rings (SSSR count). The lowest BCUT2D eigenvalue weighted by molar-refractivity contribution is 0.0985. The molecule has 7 nitrogen and oxygen atoms in total. The minimum absolute atomic E-state index is 0.123. The molecule has 0 aliphatic rings. The Hall–Kier alpha value is -4.05. The number of amides is 1. The number of thiazole rings is 1. The van der Waals surface area contributed by atoms with E-state index in [0.29, 0.717) is 28.5 Å². The number of benzene rings is 4. The van der Waals surface area contributed by atoms with Crippen LogP contribution < -0.4 is 9.64 Å². The lowest BCUT2D eigenvalue weighted by Gasteiger charge is -2.21. The minimum Gasteiger partial charge on any atom is -0.494 e. The number of ether oxygens (including phenoxy) is 1. The van der Waals surface area contributed by atoms with E-state index < -0.39 is 10.0 Å². The first kappa shape index (κ1) is 27.5. The lowest BCUT2D eigenvalue weighted by Crippen LogP contribution is -2.30. The van der Waals surface area contributed by atoms with Crippen molar-refractivity contribution in [3.8, 4) is 5.75 Å². The quantitative estimate of drug-likeness (QED) is 0.208. The highest BCUT2D eigenvalue weighted by atomic mass is 32.2. The van der Waals surface area contributed by atoms with E-state index in [1.807, 2.05) is 79.7 Å². The van der Waals surface area contributed by atoms with E-state index in [1.165, 1.54) is 27.8 Å². The lowest BCUT2D eigenvalue weighted by atomic mass is 10.1. The highest BCUT2D eigenvalue weighted by Gasteiger charge is 2.25. The number of carbonyl (C=O) groups excluding carboxylic acids is 1. The summed E-state index contributed by atoms with van der Waals surface area (Å²) in [6.07, 6.45) is 0. The summed E-state index contributed by atoms with van der Waals surface area (Å²) in [5.41, 5.74) is 3.95. The van der Waals surface area contributed by atoms with Gasteiger partial charge in [-0.1, -0.05) is 78.1 Å². The third kappa shape index (κ3) is 5.62. The summed E-state index contributed by atoms with van der Waals surface area (Å²) in [5.74, 6) is 0.366. The molecule has 0 unspecified atom stereocenters. The zero-order valence-electron chi connectivity index (χ0n) is 22.4. The number of nitrogens with zero attached hydrogens (tertiary/aromatic N) is 3. The Morgan fingerprint density at radius 1 is 0.850 bits per heavy atom. The van der Waals surface area contributed by atoms with Crippen LogP contribution in [0.5, 0.6) is 5.75 Å². The van der Waals surface area contributed by atoms with Crippen molar-refractivity contribution in [2.45, 2.75) is 24.9 Å². The van der Waals surface area contributed by atoms with Gasteiger partial charge in [-0.15, -0.1) is 0 Å². The molecule has 0 saturated heterocycles. The van der Waals surface area contributed by atoms with Crippen LogP contribution >= 0.6 is 11.3 Å². The molecule has 1 amide bonds. The standard InChI is InChI=1S/C31H29N3O4S2/c1-22-14-19-27(38-3)28-29(22)39-31(32-28)34(21-24-12-8-5-9-13-24)30(35)25-15-17-26(18-16-25)40(36,37)33(2)20-23-10-6-4-7-11-23/h4-19H,20-21H2,1-3H3. The first-order valence-electron chi connectivity index (χ1n) is 12.7. The van der Waals surface area contributed by atoms with Crippen molar-refractivity contribution in [3.63, 3.8) is 0 Å². The number of rotatable bonds is 9. The number of hydrogen-bond acceptors (Lipinski definition) is 6. The Morgan fingerprint density at radius 3 is 2.05 bits per heavy atom. The van der Waals surface area contributed by atoms with Gasteiger partial charge >= 0.3 is 0 Å². The average Bonchev–Trinajstić information content (AvgIpc) is 3.43. The van der Waals surface area contributed by atoms with Crippen molar-refractivity contribution in [2.24, 2.45) is 0 Å². The molecule has 0 atom stereocenters. The van der Waals surface area contributed by atoms with Crippen molar-refractivity contribution in [1.29, 1.82) is 0 Å². The van der Waals surface area contributed by atoms with Crippen molar-refractivity contribution >= 4 is 42.6 Å². The topological polar surface area (TPSA) is 79.8 Å². The number of hydrogen-bond donors (Lipinski definition) is 0. The molecule has 4 aromatic carbocycles. The number of aryl methyl sites for hydroxylation is 1. The number of methoxy groups -OCH3 is 1. The van der Waals surface area contributed by atoms with Crippen LogP contribution in [0.25, 0.3) is 10.2 Å². The smallest absolute Gasteiger partial charge is 0.260 e. The number of aromatic nitrogens is 1. The minimum atomic E-state index is -3.75. The van der Waals surface area contributed by atoms with Gasteiger partial charge in [0.05, 0.1) is 23.2 Å². The summed E-state index contributed by atoms with van der Waals surface area (Å²) in [4.78, 5) is 20.5. The fourth-order valence-electron chi connectivity index (χ4n) is 4.40. The second kappa shape index (κ2) is 11.6. The molecular formula is C31H29N3O4S2. The molecule has 0 aliphatic carbocycles. The Kier molecular flexibility index (Phi) is 7.97.